The molecule has 2 aromatic heterocycles. The number of fused-ring (bicyclic) bond motifs is 1. The van der Waals surface area contributed by atoms with Gasteiger partial charge in [0.1, 0.15) is 0 Å². The monoisotopic (exact) mass is 320 g/mol. The molecule has 3 aromatic rings. The maximum Gasteiger partial charge on any atom is 0.255 e. The maximum atomic E-state index is 12.4. The normalized spacial score (nSPS) is 14.8. The van der Waals surface area contributed by atoms with Crippen molar-refractivity contribution in [2.24, 2.45) is 0 Å². The van der Waals surface area contributed by atoms with E-state index in [1.807, 2.05) is 28.8 Å². The molecule has 122 valence electrons. The summed E-state index contributed by atoms with van der Waals surface area (Å²) >= 11 is 0. The molecule has 1 aliphatic heterocycles. The van der Waals surface area contributed by atoms with Crippen LogP contribution in [0.25, 0.3) is 5.52 Å². The first-order valence-electron chi connectivity index (χ1n) is 8.38. The summed E-state index contributed by atoms with van der Waals surface area (Å²) in [5.41, 5.74) is 3.58. The molecule has 1 aromatic carbocycles. The Kier molecular flexibility index (Phi) is 3.91. The smallest absolute Gasteiger partial charge is 0.255 e. The highest BCUT2D eigenvalue weighted by Gasteiger charge is 2.11. The molecule has 0 atom stereocenters. The van der Waals surface area contributed by atoms with Crippen molar-refractivity contribution in [1.82, 2.24) is 9.38 Å². The summed E-state index contributed by atoms with van der Waals surface area (Å²) < 4.78 is 1.88. The second kappa shape index (κ2) is 6.35. The van der Waals surface area contributed by atoms with Crippen LogP contribution in [0.3, 0.4) is 0 Å². The molecular formula is C19H20N4O. The molecular weight excluding hydrogens is 300 g/mol. The SMILES string of the molecule is O=C(Nc1ccc(N2CCCCC2)cc1)c1ccn2cncc2c1. The number of nitrogens with zero attached hydrogens (tertiary/aromatic N) is 3. The van der Waals surface area contributed by atoms with Crippen molar-refractivity contribution in [3.05, 3.63) is 60.7 Å². The molecule has 1 amide bonds. The van der Waals surface area contributed by atoms with E-state index in [4.69, 9.17) is 0 Å². The van der Waals surface area contributed by atoms with Crippen LogP contribution in [0.4, 0.5) is 11.4 Å². The zero-order valence-electron chi connectivity index (χ0n) is 13.5. The van der Waals surface area contributed by atoms with E-state index >= 15 is 0 Å². The van der Waals surface area contributed by atoms with Crippen molar-refractivity contribution in [3.63, 3.8) is 0 Å². The Labute approximate surface area is 140 Å². The predicted molar refractivity (Wildman–Crippen MR) is 95.7 cm³/mol. The van der Waals surface area contributed by atoms with Crippen LogP contribution in [0.5, 0.6) is 0 Å². The Morgan fingerprint density at radius 3 is 2.62 bits per heavy atom. The number of hydrogen-bond donors (Lipinski definition) is 1. The van der Waals surface area contributed by atoms with Crippen molar-refractivity contribution in [3.8, 4) is 0 Å². The zero-order valence-corrected chi connectivity index (χ0v) is 13.5. The topological polar surface area (TPSA) is 49.6 Å². The highest BCUT2D eigenvalue weighted by Crippen LogP contribution is 2.22. The fraction of sp³-hybridized carbons (Fsp3) is 0.263. The van der Waals surface area contributed by atoms with E-state index in [1.165, 1.54) is 24.9 Å². The van der Waals surface area contributed by atoms with Crippen molar-refractivity contribution in [2.45, 2.75) is 19.3 Å². The lowest BCUT2D eigenvalue weighted by molar-refractivity contribution is 0.102. The summed E-state index contributed by atoms with van der Waals surface area (Å²) in [7, 11) is 0. The number of rotatable bonds is 3. The van der Waals surface area contributed by atoms with E-state index in [-0.39, 0.29) is 5.91 Å². The van der Waals surface area contributed by atoms with Gasteiger partial charge in [-0.1, -0.05) is 0 Å². The summed E-state index contributed by atoms with van der Waals surface area (Å²) in [6.45, 7) is 2.24. The van der Waals surface area contributed by atoms with E-state index in [9.17, 15) is 4.79 Å². The molecule has 1 saturated heterocycles. The highest BCUT2D eigenvalue weighted by molar-refractivity contribution is 6.04. The van der Waals surface area contributed by atoms with Gasteiger partial charge >= 0.3 is 0 Å². The summed E-state index contributed by atoms with van der Waals surface area (Å²) in [5, 5.41) is 2.96. The van der Waals surface area contributed by atoms with Crippen LogP contribution in [0.15, 0.2) is 55.1 Å². The van der Waals surface area contributed by atoms with Crippen LogP contribution in [0, 0.1) is 0 Å². The molecule has 0 saturated carbocycles. The number of aromatic nitrogens is 2. The highest BCUT2D eigenvalue weighted by atomic mass is 16.1. The molecule has 5 nitrogen and oxygen atoms in total. The number of pyridine rings is 1. The number of piperidine rings is 1. The molecule has 1 fully saturated rings. The third-order valence-electron chi connectivity index (χ3n) is 4.52. The van der Waals surface area contributed by atoms with Crippen LogP contribution in [0.1, 0.15) is 29.6 Å². The maximum absolute atomic E-state index is 12.4. The van der Waals surface area contributed by atoms with Gasteiger partial charge in [0, 0.05) is 36.2 Å². The first-order valence-corrected chi connectivity index (χ1v) is 8.38. The van der Waals surface area contributed by atoms with Gasteiger partial charge in [-0.3, -0.25) is 4.79 Å². The van der Waals surface area contributed by atoms with Crippen LogP contribution < -0.4 is 10.2 Å². The van der Waals surface area contributed by atoms with Crippen molar-refractivity contribution >= 4 is 22.8 Å². The van der Waals surface area contributed by atoms with Gasteiger partial charge in [-0.05, 0) is 55.7 Å². The summed E-state index contributed by atoms with van der Waals surface area (Å²) in [6, 6.07) is 11.7. The number of nitrogens with one attached hydrogen (secondary N) is 1. The van der Waals surface area contributed by atoms with Gasteiger partial charge in [-0.2, -0.15) is 0 Å². The molecule has 0 bridgehead atoms. The molecule has 1 aliphatic rings. The molecule has 3 heterocycles. The minimum atomic E-state index is -0.107. The average Bonchev–Trinajstić information content (AvgIpc) is 3.11. The first-order chi connectivity index (χ1) is 11.8. The molecule has 24 heavy (non-hydrogen) atoms. The molecule has 0 spiro atoms. The van der Waals surface area contributed by atoms with Crippen molar-refractivity contribution in [2.75, 3.05) is 23.3 Å². The first kappa shape index (κ1) is 14.8. The largest absolute Gasteiger partial charge is 0.372 e. The number of anilines is 2. The molecule has 5 heteroatoms. The lowest BCUT2D eigenvalue weighted by atomic mass is 10.1. The standard InChI is InChI=1S/C19H20N4O/c24-19(15-8-11-23-14-20-13-18(23)12-15)21-16-4-6-17(7-5-16)22-9-2-1-3-10-22/h4-8,11-14H,1-3,9-10H2,(H,21,24). The molecule has 0 radical (unpaired) electrons. The van der Waals surface area contributed by atoms with Gasteiger partial charge in [0.15, 0.2) is 0 Å². The fourth-order valence-corrected chi connectivity index (χ4v) is 3.17. The predicted octanol–water partition coefficient (Wildman–Crippen LogP) is 3.58. The Bertz CT molecular complexity index is 847. The van der Waals surface area contributed by atoms with Gasteiger partial charge in [0.25, 0.3) is 5.91 Å². The van der Waals surface area contributed by atoms with Gasteiger partial charge in [0.05, 0.1) is 18.0 Å². The van der Waals surface area contributed by atoms with E-state index in [2.05, 4.69) is 27.3 Å². The number of carbonyl (C=O) groups is 1. The van der Waals surface area contributed by atoms with Crippen molar-refractivity contribution < 1.29 is 4.79 Å². The second-order valence-electron chi connectivity index (χ2n) is 6.19. The number of hydrogen-bond acceptors (Lipinski definition) is 3. The molecule has 0 aliphatic carbocycles. The third-order valence-corrected chi connectivity index (χ3v) is 4.52. The number of amides is 1. The Morgan fingerprint density at radius 2 is 1.83 bits per heavy atom. The number of carbonyl (C=O) groups excluding carboxylic acids is 1. The Morgan fingerprint density at radius 1 is 1.04 bits per heavy atom. The Hall–Kier alpha value is -2.82. The quantitative estimate of drug-likeness (QED) is 0.802. The molecule has 1 N–H and O–H groups in total. The molecule has 4 rings (SSSR count). The average molecular weight is 320 g/mol. The van der Waals surface area contributed by atoms with Gasteiger partial charge < -0.3 is 14.6 Å². The fourth-order valence-electron chi connectivity index (χ4n) is 3.17. The van der Waals surface area contributed by atoms with Crippen LogP contribution in [-0.4, -0.2) is 28.4 Å². The van der Waals surface area contributed by atoms with Gasteiger partial charge in [0.2, 0.25) is 0 Å². The van der Waals surface area contributed by atoms with E-state index in [0.717, 1.165) is 24.3 Å². The van der Waals surface area contributed by atoms with Gasteiger partial charge in [-0.15, -0.1) is 0 Å². The van der Waals surface area contributed by atoms with E-state index in [0.29, 0.717) is 5.56 Å². The van der Waals surface area contributed by atoms with Crippen LogP contribution in [-0.2, 0) is 0 Å². The summed E-state index contributed by atoms with van der Waals surface area (Å²) in [4.78, 5) is 18.9. The molecule has 0 unspecified atom stereocenters. The second-order valence-corrected chi connectivity index (χ2v) is 6.19. The van der Waals surface area contributed by atoms with Gasteiger partial charge in [-0.25, -0.2) is 4.98 Å². The van der Waals surface area contributed by atoms with Crippen LogP contribution in [0.2, 0.25) is 0 Å². The summed E-state index contributed by atoms with van der Waals surface area (Å²) in [5.74, 6) is -0.107. The minimum Gasteiger partial charge on any atom is -0.372 e. The van der Waals surface area contributed by atoms with Crippen LogP contribution >= 0.6 is 0 Å². The van der Waals surface area contributed by atoms with E-state index in [1.54, 1.807) is 18.6 Å². The zero-order chi connectivity index (χ0) is 16.4. The minimum absolute atomic E-state index is 0.107. The Balaban J connectivity index is 1.46. The van der Waals surface area contributed by atoms with Crippen molar-refractivity contribution in [1.29, 1.82) is 0 Å². The lowest BCUT2D eigenvalue weighted by Gasteiger charge is -2.28. The third kappa shape index (κ3) is 2.97. The van der Waals surface area contributed by atoms with E-state index < -0.39 is 0 Å². The lowest BCUT2D eigenvalue weighted by Crippen LogP contribution is -2.29. The number of benzene rings is 1. The summed E-state index contributed by atoms with van der Waals surface area (Å²) in [6.07, 6.45) is 9.15. The number of imidazole rings is 1.